The summed E-state index contributed by atoms with van der Waals surface area (Å²) < 4.78 is 5.69. The van der Waals surface area contributed by atoms with Crippen LogP contribution in [0.1, 0.15) is 33.3 Å². The van der Waals surface area contributed by atoms with Gasteiger partial charge in [0.05, 0.1) is 11.8 Å². The van der Waals surface area contributed by atoms with E-state index in [0.717, 1.165) is 5.56 Å². The van der Waals surface area contributed by atoms with Crippen molar-refractivity contribution < 1.29 is 14.3 Å². The predicted molar refractivity (Wildman–Crippen MR) is 103 cm³/mol. The highest BCUT2D eigenvalue weighted by molar-refractivity contribution is 6.39. The molecule has 138 valence electrons. The zero-order valence-electron chi connectivity index (χ0n) is 15.7. The number of anilines is 1. The molecule has 0 heterocycles. The Morgan fingerprint density at radius 1 is 0.962 bits per heavy atom. The fourth-order valence-electron chi connectivity index (χ4n) is 2.50. The quantitative estimate of drug-likeness (QED) is 0.802. The summed E-state index contributed by atoms with van der Waals surface area (Å²) in [4.78, 5) is 26.8. The van der Waals surface area contributed by atoms with Gasteiger partial charge in [0.1, 0.15) is 5.75 Å². The van der Waals surface area contributed by atoms with E-state index in [1.807, 2.05) is 64.1 Å². The van der Waals surface area contributed by atoms with Crippen LogP contribution in [0.5, 0.6) is 5.75 Å². The standard InChI is InChI=1S/C21H26N2O3/c1-15(2)23(14-17-10-6-5-7-11-17)21(25)20(24)22-18-12-8-9-13-19(18)26-16(3)4/h5-13,15-16H,14H2,1-4H3,(H,22,24). The highest BCUT2D eigenvalue weighted by Gasteiger charge is 2.25. The second kappa shape index (κ2) is 9.04. The number of hydrogen-bond acceptors (Lipinski definition) is 3. The first kappa shape index (κ1) is 19.5. The van der Waals surface area contributed by atoms with Crippen molar-refractivity contribution in [2.75, 3.05) is 5.32 Å². The Hall–Kier alpha value is -2.82. The number of para-hydroxylation sites is 2. The van der Waals surface area contributed by atoms with Gasteiger partial charge in [0.2, 0.25) is 0 Å². The SMILES string of the molecule is CC(C)Oc1ccccc1NC(=O)C(=O)N(Cc1ccccc1)C(C)C. The Balaban J connectivity index is 2.13. The minimum atomic E-state index is -0.672. The molecule has 5 nitrogen and oxygen atoms in total. The maximum Gasteiger partial charge on any atom is 0.314 e. The van der Waals surface area contributed by atoms with Gasteiger partial charge in [-0.2, -0.15) is 0 Å². The normalized spacial score (nSPS) is 10.7. The van der Waals surface area contributed by atoms with Crippen LogP contribution in [0.15, 0.2) is 54.6 Å². The molecule has 0 bridgehead atoms. The topological polar surface area (TPSA) is 58.6 Å². The lowest BCUT2D eigenvalue weighted by Crippen LogP contribution is -2.43. The third-order valence-electron chi connectivity index (χ3n) is 3.77. The van der Waals surface area contributed by atoms with Gasteiger partial charge in [-0.15, -0.1) is 0 Å². The largest absolute Gasteiger partial charge is 0.489 e. The molecule has 0 saturated heterocycles. The second-order valence-corrected chi connectivity index (χ2v) is 6.63. The maximum absolute atomic E-state index is 12.7. The monoisotopic (exact) mass is 354 g/mol. The van der Waals surface area contributed by atoms with Gasteiger partial charge >= 0.3 is 11.8 Å². The van der Waals surface area contributed by atoms with Gasteiger partial charge in [-0.05, 0) is 45.4 Å². The predicted octanol–water partition coefficient (Wildman–Crippen LogP) is 3.85. The molecule has 0 fully saturated rings. The fraction of sp³-hybridized carbons (Fsp3) is 0.333. The van der Waals surface area contributed by atoms with Gasteiger partial charge in [0.25, 0.3) is 0 Å². The van der Waals surface area contributed by atoms with E-state index >= 15 is 0 Å². The summed E-state index contributed by atoms with van der Waals surface area (Å²) >= 11 is 0. The summed E-state index contributed by atoms with van der Waals surface area (Å²) in [5, 5.41) is 2.68. The molecule has 0 aliphatic carbocycles. The van der Waals surface area contributed by atoms with E-state index in [9.17, 15) is 9.59 Å². The minimum absolute atomic E-state index is 0.0333. The van der Waals surface area contributed by atoms with Crippen LogP contribution in [-0.4, -0.2) is 28.9 Å². The first-order chi connectivity index (χ1) is 12.4. The molecule has 2 rings (SSSR count). The van der Waals surface area contributed by atoms with E-state index in [1.165, 1.54) is 0 Å². The van der Waals surface area contributed by atoms with Crippen molar-refractivity contribution in [2.45, 2.75) is 46.4 Å². The third kappa shape index (κ3) is 5.34. The smallest absolute Gasteiger partial charge is 0.314 e. The van der Waals surface area contributed by atoms with Crippen LogP contribution in [-0.2, 0) is 16.1 Å². The van der Waals surface area contributed by atoms with Crippen LogP contribution in [0.3, 0.4) is 0 Å². The van der Waals surface area contributed by atoms with Crippen LogP contribution >= 0.6 is 0 Å². The summed E-state index contributed by atoms with van der Waals surface area (Å²) in [6, 6.07) is 16.6. The average molecular weight is 354 g/mol. The summed E-state index contributed by atoms with van der Waals surface area (Å²) in [5.41, 5.74) is 1.47. The van der Waals surface area contributed by atoms with E-state index in [1.54, 1.807) is 23.1 Å². The average Bonchev–Trinajstić information content (AvgIpc) is 2.61. The van der Waals surface area contributed by atoms with Gasteiger partial charge in [0.15, 0.2) is 0 Å². The van der Waals surface area contributed by atoms with Crippen molar-refractivity contribution in [1.29, 1.82) is 0 Å². The molecule has 2 amide bonds. The summed E-state index contributed by atoms with van der Waals surface area (Å²) in [6.45, 7) is 7.98. The Labute approximate surface area is 155 Å². The molecule has 0 atom stereocenters. The number of carbonyl (C=O) groups is 2. The Kier molecular flexibility index (Phi) is 6.78. The Morgan fingerprint density at radius 2 is 1.58 bits per heavy atom. The molecule has 2 aromatic carbocycles. The number of rotatable bonds is 6. The van der Waals surface area contributed by atoms with Crippen molar-refractivity contribution in [2.24, 2.45) is 0 Å². The summed E-state index contributed by atoms with van der Waals surface area (Å²) in [5.74, 6) is -0.694. The number of nitrogens with one attached hydrogen (secondary N) is 1. The van der Waals surface area contributed by atoms with Crippen LogP contribution in [0.25, 0.3) is 0 Å². The number of benzene rings is 2. The lowest BCUT2D eigenvalue weighted by Gasteiger charge is -2.26. The zero-order chi connectivity index (χ0) is 19.1. The maximum atomic E-state index is 12.7. The molecule has 0 radical (unpaired) electrons. The Morgan fingerprint density at radius 3 is 2.19 bits per heavy atom. The van der Waals surface area contributed by atoms with Crippen molar-refractivity contribution in [3.8, 4) is 5.75 Å². The van der Waals surface area contributed by atoms with Crippen LogP contribution in [0.4, 0.5) is 5.69 Å². The van der Waals surface area contributed by atoms with E-state index in [0.29, 0.717) is 18.0 Å². The number of carbonyl (C=O) groups excluding carboxylic acids is 2. The number of ether oxygens (including phenoxy) is 1. The first-order valence-electron chi connectivity index (χ1n) is 8.80. The molecule has 5 heteroatoms. The molecule has 2 aromatic rings. The number of hydrogen-bond donors (Lipinski definition) is 1. The van der Waals surface area contributed by atoms with Crippen molar-refractivity contribution in [1.82, 2.24) is 4.90 Å². The van der Waals surface area contributed by atoms with Crippen molar-refractivity contribution >= 4 is 17.5 Å². The lowest BCUT2D eigenvalue weighted by atomic mass is 10.2. The van der Waals surface area contributed by atoms with E-state index in [-0.39, 0.29) is 12.1 Å². The van der Waals surface area contributed by atoms with Crippen molar-refractivity contribution in [3.63, 3.8) is 0 Å². The minimum Gasteiger partial charge on any atom is -0.489 e. The highest BCUT2D eigenvalue weighted by Crippen LogP contribution is 2.25. The molecule has 0 aliphatic heterocycles. The van der Waals surface area contributed by atoms with E-state index in [2.05, 4.69) is 5.32 Å². The van der Waals surface area contributed by atoms with Gasteiger partial charge in [-0.3, -0.25) is 9.59 Å². The molecule has 0 aliphatic rings. The van der Waals surface area contributed by atoms with Gasteiger partial charge in [-0.1, -0.05) is 42.5 Å². The fourth-order valence-corrected chi connectivity index (χ4v) is 2.50. The second-order valence-electron chi connectivity index (χ2n) is 6.63. The van der Waals surface area contributed by atoms with Gasteiger partial charge < -0.3 is 15.0 Å². The molecule has 26 heavy (non-hydrogen) atoms. The summed E-state index contributed by atoms with van der Waals surface area (Å²) in [6.07, 6.45) is -0.0333. The number of amides is 2. The number of nitrogens with zero attached hydrogens (tertiary/aromatic N) is 1. The molecule has 0 aromatic heterocycles. The molecule has 1 N–H and O–H groups in total. The zero-order valence-corrected chi connectivity index (χ0v) is 15.7. The lowest BCUT2D eigenvalue weighted by molar-refractivity contribution is -0.144. The van der Waals surface area contributed by atoms with Crippen molar-refractivity contribution in [3.05, 3.63) is 60.2 Å². The van der Waals surface area contributed by atoms with E-state index in [4.69, 9.17) is 4.74 Å². The van der Waals surface area contributed by atoms with Crippen LogP contribution < -0.4 is 10.1 Å². The van der Waals surface area contributed by atoms with Gasteiger partial charge in [0, 0.05) is 12.6 Å². The summed E-state index contributed by atoms with van der Waals surface area (Å²) in [7, 11) is 0. The first-order valence-corrected chi connectivity index (χ1v) is 8.80. The molecule has 0 saturated carbocycles. The molecular formula is C21H26N2O3. The third-order valence-corrected chi connectivity index (χ3v) is 3.77. The highest BCUT2D eigenvalue weighted by atomic mass is 16.5. The Bertz CT molecular complexity index is 742. The molecule has 0 spiro atoms. The molecular weight excluding hydrogens is 328 g/mol. The van der Waals surface area contributed by atoms with Crippen LogP contribution in [0, 0.1) is 0 Å². The molecule has 0 unspecified atom stereocenters. The van der Waals surface area contributed by atoms with Crippen LogP contribution in [0.2, 0.25) is 0 Å². The van der Waals surface area contributed by atoms with E-state index < -0.39 is 11.8 Å². The van der Waals surface area contributed by atoms with Gasteiger partial charge in [-0.25, -0.2) is 0 Å².